The molecule has 2 heterocycles. The number of rotatable bonds is 1. The average Bonchev–Trinajstić information content (AvgIpc) is 2.75. The molecular formula is C13H7ClF3N3O. The van der Waals surface area contributed by atoms with E-state index >= 15 is 0 Å². The van der Waals surface area contributed by atoms with E-state index in [2.05, 4.69) is 10.1 Å². The molecule has 0 aliphatic rings. The SMILES string of the molecule is O=c1cc(C(F)(F)F)[nH]c2c(-c3ccccc3)c(Cl)nn12. The van der Waals surface area contributed by atoms with Crippen LogP contribution in [0.25, 0.3) is 16.8 Å². The van der Waals surface area contributed by atoms with Gasteiger partial charge in [0.2, 0.25) is 0 Å². The summed E-state index contributed by atoms with van der Waals surface area (Å²) in [6.07, 6.45) is -4.66. The van der Waals surface area contributed by atoms with Gasteiger partial charge in [-0.2, -0.15) is 22.8 Å². The maximum Gasteiger partial charge on any atom is 0.431 e. The maximum atomic E-state index is 12.8. The smallest absolute Gasteiger partial charge is 0.335 e. The van der Waals surface area contributed by atoms with Crippen molar-refractivity contribution >= 4 is 17.2 Å². The number of halogens is 4. The largest absolute Gasteiger partial charge is 0.431 e. The number of aromatic nitrogens is 3. The van der Waals surface area contributed by atoms with Crippen molar-refractivity contribution in [2.75, 3.05) is 0 Å². The van der Waals surface area contributed by atoms with E-state index in [1.807, 2.05) is 0 Å². The van der Waals surface area contributed by atoms with Crippen LogP contribution in [0.1, 0.15) is 5.69 Å². The molecule has 0 spiro atoms. The normalized spacial score (nSPS) is 12.0. The van der Waals surface area contributed by atoms with Crippen LogP contribution in [-0.2, 0) is 6.18 Å². The Kier molecular flexibility index (Phi) is 3.02. The lowest BCUT2D eigenvalue weighted by Crippen LogP contribution is -2.19. The number of nitrogens with one attached hydrogen (secondary N) is 1. The third-order valence-corrected chi connectivity index (χ3v) is 3.20. The van der Waals surface area contributed by atoms with E-state index < -0.39 is 17.4 Å². The summed E-state index contributed by atoms with van der Waals surface area (Å²) >= 11 is 5.97. The molecule has 1 aromatic carbocycles. The Bertz CT molecular complexity index is 868. The van der Waals surface area contributed by atoms with Crippen molar-refractivity contribution in [1.29, 1.82) is 0 Å². The Hall–Kier alpha value is -2.28. The van der Waals surface area contributed by atoms with Gasteiger partial charge in [0.05, 0.1) is 5.56 Å². The van der Waals surface area contributed by atoms with Gasteiger partial charge < -0.3 is 4.98 Å². The van der Waals surface area contributed by atoms with Crippen molar-refractivity contribution in [2.24, 2.45) is 0 Å². The van der Waals surface area contributed by atoms with Crippen molar-refractivity contribution in [1.82, 2.24) is 14.6 Å². The first-order valence-corrected chi connectivity index (χ1v) is 6.20. The van der Waals surface area contributed by atoms with Crippen LogP contribution in [0.3, 0.4) is 0 Å². The summed E-state index contributed by atoms with van der Waals surface area (Å²) in [5.41, 5.74) is -1.33. The number of benzene rings is 1. The molecule has 0 fully saturated rings. The van der Waals surface area contributed by atoms with E-state index in [4.69, 9.17) is 11.6 Å². The van der Waals surface area contributed by atoms with E-state index in [1.165, 1.54) is 0 Å². The molecule has 0 radical (unpaired) electrons. The minimum absolute atomic E-state index is 0.0473. The fourth-order valence-corrected chi connectivity index (χ4v) is 2.30. The van der Waals surface area contributed by atoms with E-state index in [1.54, 1.807) is 30.3 Å². The van der Waals surface area contributed by atoms with Gasteiger partial charge in [-0.05, 0) is 5.56 Å². The van der Waals surface area contributed by atoms with Crippen LogP contribution < -0.4 is 5.56 Å². The Morgan fingerprint density at radius 3 is 2.48 bits per heavy atom. The molecule has 0 saturated carbocycles. The Morgan fingerprint density at radius 2 is 1.86 bits per heavy atom. The van der Waals surface area contributed by atoms with Crippen LogP contribution in [0, 0.1) is 0 Å². The summed E-state index contributed by atoms with van der Waals surface area (Å²) in [6.45, 7) is 0. The second kappa shape index (κ2) is 4.63. The lowest BCUT2D eigenvalue weighted by Gasteiger charge is -2.07. The molecule has 0 unspecified atom stereocenters. The molecule has 0 aliphatic heterocycles. The van der Waals surface area contributed by atoms with Crippen molar-refractivity contribution in [3.05, 3.63) is 57.6 Å². The number of nitrogens with zero attached hydrogens (tertiary/aromatic N) is 2. The predicted octanol–water partition coefficient (Wildman–Crippen LogP) is 3.36. The summed E-state index contributed by atoms with van der Waals surface area (Å²) < 4.78 is 39.2. The van der Waals surface area contributed by atoms with Gasteiger partial charge in [0.1, 0.15) is 11.3 Å². The first kappa shape index (κ1) is 13.7. The molecule has 0 aliphatic carbocycles. The van der Waals surface area contributed by atoms with Crippen LogP contribution >= 0.6 is 11.6 Å². The lowest BCUT2D eigenvalue weighted by molar-refractivity contribution is -0.141. The van der Waals surface area contributed by atoms with Gasteiger partial charge >= 0.3 is 6.18 Å². The highest BCUT2D eigenvalue weighted by molar-refractivity contribution is 6.33. The molecule has 1 N–H and O–H groups in total. The number of alkyl halides is 3. The van der Waals surface area contributed by atoms with Crippen molar-refractivity contribution in [2.45, 2.75) is 6.18 Å². The Balaban J connectivity index is 2.38. The summed E-state index contributed by atoms with van der Waals surface area (Å²) in [4.78, 5) is 14.0. The van der Waals surface area contributed by atoms with Crippen LogP contribution in [0.15, 0.2) is 41.2 Å². The second-order valence-electron chi connectivity index (χ2n) is 4.31. The molecule has 3 aromatic rings. The molecule has 0 atom stereocenters. The van der Waals surface area contributed by atoms with Crippen LogP contribution in [0.2, 0.25) is 5.15 Å². The Labute approximate surface area is 120 Å². The first-order valence-electron chi connectivity index (χ1n) is 5.82. The zero-order valence-electron chi connectivity index (χ0n) is 10.3. The maximum absolute atomic E-state index is 12.8. The Morgan fingerprint density at radius 1 is 1.19 bits per heavy atom. The standard InChI is InChI=1S/C13H7ClF3N3O/c14-11-10(7-4-2-1-3-5-7)12-18-8(13(15,16)17)6-9(21)20(12)19-11/h1-6,18H. The number of H-pyrrole nitrogens is 1. The van der Waals surface area contributed by atoms with E-state index in [0.29, 0.717) is 11.6 Å². The van der Waals surface area contributed by atoms with Crippen LogP contribution in [0.4, 0.5) is 13.2 Å². The van der Waals surface area contributed by atoms with Gasteiger partial charge in [0, 0.05) is 6.07 Å². The molecule has 8 heteroatoms. The zero-order valence-corrected chi connectivity index (χ0v) is 11.0. The number of hydrogen-bond donors (Lipinski definition) is 1. The number of hydrogen-bond acceptors (Lipinski definition) is 2. The fraction of sp³-hybridized carbons (Fsp3) is 0.0769. The first-order chi connectivity index (χ1) is 9.88. The topological polar surface area (TPSA) is 50.2 Å². The monoisotopic (exact) mass is 313 g/mol. The molecule has 21 heavy (non-hydrogen) atoms. The third-order valence-electron chi connectivity index (χ3n) is 2.94. The predicted molar refractivity (Wildman–Crippen MR) is 71.3 cm³/mol. The summed E-state index contributed by atoms with van der Waals surface area (Å²) in [7, 11) is 0. The molecule has 108 valence electrons. The van der Waals surface area contributed by atoms with Crippen molar-refractivity contribution in [3.63, 3.8) is 0 Å². The quantitative estimate of drug-likeness (QED) is 0.749. The number of fused-ring (bicyclic) bond motifs is 1. The molecule has 3 rings (SSSR count). The zero-order chi connectivity index (χ0) is 15.2. The highest BCUT2D eigenvalue weighted by Gasteiger charge is 2.33. The van der Waals surface area contributed by atoms with Crippen molar-refractivity contribution < 1.29 is 13.2 Å². The summed E-state index contributed by atoms with van der Waals surface area (Å²) in [5, 5.41) is 3.74. The average molecular weight is 314 g/mol. The van der Waals surface area contributed by atoms with E-state index in [-0.39, 0.29) is 16.4 Å². The molecule has 0 bridgehead atoms. The highest BCUT2D eigenvalue weighted by atomic mass is 35.5. The second-order valence-corrected chi connectivity index (χ2v) is 4.67. The van der Waals surface area contributed by atoms with Crippen molar-refractivity contribution in [3.8, 4) is 11.1 Å². The van der Waals surface area contributed by atoms with Gasteiger partial charge in [-0.15, -0.1) is 0 Å². The van der Waals surface area contributed by atoms with Gasteiger partial charge in [0.25, 0.3) is 5.56 Å². The van der Waals surface area contributed by atoms with Gasteiger partial charge in [-0.25, -0.2) is 0 Å². The summed E-state index contributed by atoms with van der Waals surface area (Å²) in [5.74, 6) is 0. The minimum Gasteiger partial charge on any atom is -0.335 e. The summed E-state index contributed by atoms with van der Waals surface area (Å²) in [6, 6.07) is 8.96. The van der Waals surface area contributed by atoms with Gasteiger partial charge in [0.15, 0.2) is 5.15 Å². The van der Waals surface area contributed by atoms with E-state index in [9.17, 15) is 18.0 Å². The number of aromatic amines is 1. The molecule has 4 nitrogen and oxygen atoms in total. The van der Waals surface area contributed by atoms with Crippen LogP contribution in [-0.4, -0.2) is 14.6 Å². The molecular weight excluding hydrogens is 307 g/mol. The molecule has 0 saturated heterocycles. The molecule has 0 amide bonds. The van der Waals surface area contributed by atoms with E-state index in [0.717, 1.165) is 4.52 Å². The van der Waals surface area contributed by atoms with Crippen LogP contribution in [0.5, 0.6) is 0 Å². The van der Waals surface area contributed by atoms with Gasteiger partial charge in [-0.3, -0.25) is 4.79 Å². The minimum atomic E-state index is -4.66. The lowest BCUT2D eigenvalue weighted by atomic mass is 10.1. The van der Waals surface area contributed by atoms with Gasteiger partial charge in [-0.1, -0.05) is 41.9 Å². The highest BCUT2D eigenvalue weighted by Crippen LogP contribution is 2.32. The third kappa shape index (κ3) is 2.29. The fourth-order valence-electron chi connectivity index (χ4n) is 2.03. The molecule has 2 aromatic heterocycles.